The average Bonchev–Trinajstić information content (AvgIpc) is 2.59. The second-order valence-electron chi connectivity index (χ2n) is 2.96. The van der Waals surface area contributed by atoms with Crippen molar-refractivity contribution in [2.75, 3.05) is 0 Å². The zero-order valence-corrected chi connectivity index (χ0v) is 8.17. The van der Waals surface area contributed by atoms with Crippen LogP contribution in [0.1, 0.15) is 17.9 Å². The molecule has 1 aromatic heterocycles. The van der Waals surface area contributed by atoms with Crippen molar-refractivity contribution < 1.29 is 4.84 Å². The number of rotatable bonds is 2. The second kappa shape index (κ2) is 3.46. The molecule has 13 heavy (non-hydrogen) atoms. The van der Waals surface area contributed by atoms with Gasteiger partial charge < -0.3 is 0 Å². The van der Waals surface area contributed by atoms with Gasteiger partial charge in [-0.15, -0.1) is 11.3 Å². The number of hydrogen-bond acceptors (Lipinski definition) is 3. The molecule has 2 N–H and O–H groups in total. The maximum absolute atomic E-state index is 5.13. The van der Waals surface area contributed by atoms with E-state index in [0.29, 0.717) is 0 Å². The Kier molecular flexibility index (Phi) is 2.31. The Morgan fingerprint density at radius 1 is 1.38 bits per heavy atom. The van der Waals surface area contributed by atoms with Gasteiger partial charge in [0.25, 0.3) is 0 Å². The first kappa shape index (κ1) is 8.69. The summed E-state index contributed by atoms with van der Waals surface area (Å²) >= 11 is 1.72. The molecule has 68 valence electrons. The fraction of sp³-hybridized carbons (Fsp3) is 0.200. The van der Waals surface area contributed by atoms with Crippen molar-refractivity contribution in [3.05, 3.63) is 35.2 Å². The molecule has 1 aromatic carbocycles. The fourth-order valence-corrected chi connectivity index (χ4v) is 2.32. The van der Waals surface area contributed by atoms with E-state index in [0.717, 1.165) is 0 Å². The van der Waals surface area contributed by atoms with Crippen LogP contribution in [0.15, 0.2) is 30.3 Å². The molecule has 2 rings (SSSR count). The number of fused-ring (bicyclic) bond motifs is 1. The normalized spacial score (nSPS) is 13.4. The van der Waals surface area contributed by atoms with Crippen molar-refractivity contribution >= 4 is 21.4 Å². The van der Waals surface area contributed by atoms with E-state index in [-0.39, 0.29) is 6.10 Å². The lowest BCUT2D eigenvalue weighted by Gasteiger charge is -2.03. The summed E-state index contributed by atoms with van der Waals surface area (Å²) in [7, 11) is 0. The van der Waals surface area contributed by atoms with E-state index in [2.05, 4.69) is 18.2 Å². The summed E-state index contributed by atoms with van der Waals surface area (Å²) in [5.74, 6) is 5.13. The maximum atomic E-state index is 5.13. The topological polar surface area (TPSA) is 35.2 Å². The Morgan fingerprint density at radius 2 is 2.15 bits per heavy atom. The van der Waals surface area contributed by atoms with Crippen LogP contribution in [0.5, 0.6) is 0 Å². The minimum atomic E-state index is -0.0163. The molecule has 0 radical (unpaired) electrons. The third-order valence-electron chi connectivity index (χ3n) is 2.05. The average molecular weight is 193 g/mol. The molecule has 2 aromatic rings. The van der Waals surface area contributed by atoms with Crippen LogP contribution in [0.3, 0.4) is 0 Å². The van der Waals surface area contributed by atoms with E-state index in [4.69, 9.17) is 10.7 Å². The molecule has 2 nitrogen and oxygen atoms in total. The van der Waals surface area contributed by atoms with Crippen LogP contribution in [0.4, 0.5) is 0 Å². The SMILES string of the molecule is C[C@@H](ON)c1cc2ccccc2s1. The Bertz CT molecular complexity index is 377. The highest BCUT2D eigenvalue weighted by atomic mass is 32.1. The Hall–Kier alpha value is -0.900. The number of benzene rings is 1. The zero-order valence-electron chi connectivity index (χ0n) is 7.36. The molecule has 0 unspecified atom stereocenters. The van der Waals surface area contributed by atoms with E-state index in [1.165, 1.54) is 15.0 Å². The van der Waals surface area contributed by atoms with Crippen LogP contribution in [0, 0.1) is 0 Å². The van der Waals surface area contributed by atoms with Gasteiger partial charge in [0.1, 0.15) is 6.10 Å². The van der Waals surface area contributed by atoms with Crippen molar-refractivity contribution in [2.45, 2.75) is 13.0 Å². The van der Waals surface area contributed by atoms with Crippen molar-refractivity contribution in [3.8, 4) is 0 Å². The molecule has 0 fully saturated rings. The minimum Gasteiger partial charge on any atom is -0.296 e. The fourth-order valence-electron chi connectivity index (χ4n) is 1.27. The van der Waals surface area contributed by atoms with Gasteiger partial charge >= 0.3 is 0 Å². The molecule has 0 saturated carbocycles. The smallest absolute Gasteiger partial charge is 0.110 e. The molecule has 0 aliphatic carbocycles. The largest absolute Gasteiger partial charge is 0.296 e. The Balaban J connectivity index is 2.49. The molecule has 0 aliphatic heterocycles. The predicted octanol–water partition coefficient (Wildman–Crippen LogP) is 2.85. The van der Waals surface area contributed by atoms with Crippen LogP contribution in [-0.2, 0) is 4.84 Å². The van der Waals surface area contributed by atoms with Crippen LogP contribution in [0.25, 0.3) is 10.1 Å². The Labute approximate surface area is 80.9 Å². The molecule has 3 heteroatoms. The summed E-state index contributed by atoms with van der Waals surface area (Å²) in [4.78, 5) is 5.95. The highest BCUT2D eigenvalue weighted by Crippen LogP contribution is 2.30. The Morgan fingerprint density at radius 3 is 2.85 bits per heavy atom. The van der Waals surface area contributed by atoms with Gasteiger partial charge in [-0.25, -0.2) is 5.90 Å². The third-order valence-corrected chi connectivity index (χ3v) is 3.33. The minimum absolute atomic E-state index is 0.0163. The molecule has 1 atom stereocenters. The van der Waals surface area contributed by atoms with E-state index >= 15 is 0 Å². The van der Waals surface area contributed by atoms with Gasteiger partial charge in [-0.05, 0) is 24.4 Å². The van der Waals surface area contributed by atoms with Crippen molar-refractivity contribution in [2.24, 2.45) is 5.90 Å². The van der Waals surface area contributed by atoms with Crippen molar-refractivity contribution in [1.82, 2.24) is 0 Å². The molecular weight excluding hydrogens is 182 g/mol. The van der Waals surface area contributed by atoms with Crippen molar-refractivity contribution in [1.29, 1.82) is 0 Å². The van der Waals surface area contributed by atoms with Gasteiger partial charge in [0, 0.05) is 9.58 Å². The van der Waals surface area contributed by atoms with Gasteiger partial charge in [-0.3, -0.25) is 4.84 Å². The van der Waals surface area contributed by atoms with Crippen LogP contribution < -0.4 is 5.90 Å². The molecular formula is C10H11NOS. The summed E-state index contributed by atoms with van der Waals surface area (Å²) < 4.78 is 1.28. The van der Waals surface area contributed by atoms with Crippen LogP contribution >= 0.6 is 11.3 Å². The van der Waals surface area contributed by atoms with E-state index in [1.807, 2.05) is 19.1 Å². The van der Waals surface area contributed by atoms with Crippen molar-refractivity contribution in [3.63, 3.8) is 0 Å². The van der Waals surface area contributed by atoms with Gasteiger partial charge in [0.15, 0.2) is 0 Å². The lowest BCUT2D eigenvalue weighted by molar-refractivity contribution is 0.0689. The lowest BCUT2D eigenvalue weighted by Crippen LogP contribution is -2.03. The molecule has 0 spiro atoms. The first-order valence-corrected chi connectivity index (χ1v) is 4.97. The van der Waals surface area contributed by atoms with E-state index in [9.17, 15) is 0 Å². The second-order valence-corrected chi connectivity index (χ2v) is 4.08. The quantitative estimate of drug-likeness (QED) is 0.744. The summed E-state index contributed by atoms with van der Waals surface area (Å²) in [6.07, 6.45) is -0.0163. The van der Waals surface area contributed by atoms with Gasteiger partial charge in [-0.1, -0.05) is 18.2 Å². The molecule has 0 amide bonds. The summed E-state index contributed by atoms with van der Waals surface area (Å²) in [6.45, 7) is 1.95. The highest BCUT2D eigenvalue weighted by molar-refractivity contribution is 7.19. The molecule has 0 aliphatic rings. The number of hydrogen-bond donors (Lipinski definition) is 1. The molecule has 0 saturated heterocycles. The lowest BCUT2D eigenvalue weighted by atomic mass is 10.2. The summed E-state index contributed by atoms with van der Waals surface area (Å²) in [5, 5.41) is 1.26. The van der Waals surface area contributed by atoms with Crippen LogP contribution in [-0.4, -0.2) is 0 Å². The third kappa shape index (κ3) is 1.58. The van der Waals surface area contributed by atoms with Gasteiger partial charge in [0.05, 0.1) is 0 Å². The van der Waals surface area contributed by atoms with Crippen LogP contribution in [0.2, 0.25) is 0 Å². The first-order chi connectivity index (χ1) is 6.31. The predicted molar refractivity (Wildman–Crippen MR) is 55.5 cm³/mol. The van der Waals surface area contributed by atoms with E-state index < -0.39 is 0 Å². The molecule has 0 bridgehead atoms. The van der Waals surface area contributed by atoms with Gasteiger partial charge in [0.2, 0.25) is 0 Å². The number of nitrogens with two attached hydrogens (primary N) is 1. The summed E-state index contributed by atoms with van der Waals surface area (Å²) in [6, 6.07) is 10.4. The number of thiophene rings is 1. The highest BCUT2D eigenvalue weighted by Gasteiger charge is 2.07. The van der Waals surface area contributed by atoms with E-state index in [1.54, 1.807) is 11.3 Å². The summed E-state index contributed by atoms with van der Waals surface area (Å²) in [5.41, 5.74) is 0. The first-order valence-electron chi connectivity index (χ1n) is 4.15. The molecule has 1 heterocycles. The standard InChI is InChI=1S/C10H11NOS/c1-7(12-11)10-6-8-4-2-3-5-9(8)13-10/h2-7H,11H2,1H3/t7-/m1/s1. The maximum Gasteiger partial charge on any atom is 0.110 e. The van der Waals surface area contributed by atoms with Gasteiger partial charge in [-0.2, -0.15) is 0 Å². The monoisotopic (exact) mass is 193 g/mol. The zero-order chi connectivity index (χ0) is 9.26.